The highest BCUT2D eigenvalue weighted by Gasteiger charge is 2.28. The molecule has 234 valence electrons. The van der Waals surface area contributed by atoms with Crippen molar-refractivity contribution >= 4 is 40.0 Å². The number of nitrogen functional groups attached to an aromatic ring is 1. The highest BCUT2D eigenvalue weighted by atomic mass is 19.1. The van der Waals surface area contributed by atoms with Crippen LogP contribution in [0.1, 0.15) is 66.8 Å². The zero-order chi connectivity index (χ0) is 31.7. The van der Waals surface area contributed by atoms with Crippen LogP contribution < -0.4 is 21.1 Å². The highest BCUT2D eigenvalue weighted by Crippen LogP contribution is 2.34. The smallest absolute Gasteiger partial charge is 0.411 e. The first-order chi connectivity index (χ1) is 21.7. The van der Waals surface area contributed by atoms with Crippen LogP contribution in [-0.4, -0.2) is 41.6 Å². The third-order valence-electron chi connectivity index (χ3n) is 8.71. The summed E-state index contributed by atoms with van der Waals surface area (Å²) < 4.78 is 27.3. The van der Waals surface area contributed by atoms with Gasteiger partial charge in [-0.1, -0.05) is 25.1 Å². The van der Waals surface area contributed by atoms with E-state index in [0.717, 1.165) is 58.8 Å². The number of hydrogen-bond donors (Lipinski definition) is 3. The number of pyridine rings is 1. The molecule has 1 saturated carbocycles. The van der Waals surface area contributed by atoms with Crippen molar-refractivity contribution in [1.82, 2.24) is 9.88 Å². The quantitative estimate of drug-likeness (QED) is 0.226. The summed E-state index contributed by atoms with van der Waals surface area (Å²) >= 11 is 0. The molecule has 1 aliphatic carbocycles. The summed E-state index contributed by atoms with van der Waals surface area (Å²) in [5, 5.41) is 7.82. The largest absolute Gasteiger partial charge is 0.487 e. The minimum atomic E-state index is -0.759. The molecule has 45 heavy (non-hydrogen) atoms. The summed E-state index contributed by atoms with van der Waals surface area (Å²) in [4.78, 5) is 32.8. The molecule has 4 aromatic rings. The van der Waals surface area contributed by atoms with Gasteiger partial charge in [-0.25, -0.2) is 14.2 Å². The third kappa shape index (κ3) is 6.50. The second kappa shape index (κ2) is 12.6. The fraction of sp³-hybridized carbons (Fsp3) is 0.343. The Labute approximate surface area is 261 Å². The van der Waals surface area contributed by atoms with Crippen LogP contribution in [-0.2, 0) is 16.1 Å². The fourth-order valence-electron chi connectivity index (χ4n) is 6.32. The van der Waals surface area contributed by atoms with Crippen molar-refractivity contribution in [1.29, 1.82) is 0 Å². The number of amides is 2. The average molecular weight is 612 g/mol. The Kier molecular flexibility index (Phi) is 8.47. The maximum absolute atomic E-state index is 15.6. The molecule has 1 aromatic heterocycles. The lowest BCUT2D eigenvalue weighted by Crippen LogP contribution is -2.35. The van der Waals surface area contributed by atoms with E-state index in [4.69, 9.17) is 15.2 Å². The number of hydrogen-bond acceptors (Lipinski definition) is 7. The standard InChI is InChI=1S/C35H38FN5O4/c1-20-14-23-8-10-28(20)21(2)19-44-35(43)40-26-16-24(32(30(36)17-26)45-27-6-4-5-7-27)18-41(3)34(42)31(23)39-25-9-11-29-22(15-25)12-13-38-33(29)37/h8-17,21,27,31,39H,4-7,18-19H2,1-3H3,(H2,37,38)(H,40,43)/t21-,31+/m0/s1. The first-order valence-corrected chi connectivity index (χ1v) is 15.4. The third-order valence-corrected chi connectivity index (χ3v) is 8.71. The number of nitrogens with two attached hydrogens (primary N) is 1. The van der Waals surface area contributed by atoms with Gasteiger partial charge in [0, 0.05) is 54.1 Å². The molecule has 0 unspecified atom stereocenters. The van der Waals surface area contributed by atoms with Gasteiger partial charge in [-0.15, -0.1) is 0 Å². The van der Waals surface area contributed by atoms with Crippen LogP contribution in [0.15, 0.2) is 60.8 Å². The molecule has 2 aliphatic heterocycles. The zero-order valence-corrected chi connectivity index (χ0v) is 25.7. The van der Waals surface area contributed by atoms with Crippen LogP contribution >= 0.6 is 0 Å². The first kappa shape index (κ1) is 30.2. The monoisotopic (exact) mass is 611 g/mol. The number of anilines is 3. The van der Waals surface area contributed by atoms with Crippen molar-refractivity contribution in [2.45, 2.75) is 64.1 Å². The molecule has 7 rings (SSSR count). The first-order valence-electron chi connectivity index (χ1n) is 15.4. The predicted octanol–water partition coefficient (Wildman–Crippen LogP) is 7.06. The molecule has 3 aliphatic rings. The molecular weight excluding hydrogens is 573 g/mol. The second-order valence-electron chi connectivity index (χ2n) is 12.1. The van der Waals surface area contributed by atoms with Crippen molar-refractivity contribution in [3.8, 4) is 5.75 Å². The number of benzene rings is 3. The number of aromatic nitrogens is 1. The van der Waals surface area contributed by atoms with Crippen LogP contribution in [0.2, 0.25) is 0 Å². The molecule has 1 fully saturated rings. The van der Waals surface area contributed by atoms with E-state index in [2.05, 4.69) is 15.6 Å². The van der Waals surface area contributed by atoms with Gasteiger partial charge in [0.25, 0.3) is 0 Å². The Bertz CT molecular complexity index is 1760. The van der Waals surface area contributed by atoms with E-state index in [-0.39, 0.29) is 42.5 Å². The van der Waals surface area contributed by atoms with E-state index in [9.17, 15) is 9.59 Å². The Balaban J connectivity index is 1.40. The summed E-state index contributed by atoms with van der Waals surface area (Å²) in [6.07, 6.45) is 4.59. The number of fused-ring (bicyclic) bond motifs is 10. The normalized spacial score (nSPS) is 19.4. The molecule has 4 N–H and O–H groups in total. The Morgan fingerprint density at radius 2 is 1.89 bits per heavy atom. The number of nitrogens with zero attached hydrogens (tertiary/aromatic N) is 2. The molecule has 2 amide bonds. The van der Waals surface area contributed by atoms with Gasteiger partial charge in [-0.2, -0.15) is 0 Å². The molecule has 0 saturated heterocycles. The van der Waals surface area contributed by atoms with Gasteiger partial charge in [-0.3, -0.25) is 10.1 Å². The summed E-state index contributed by atoms with van der Waals surface area (Å²) in [5.41, 5.74) is 10.2. The summed E-state index contributed by atoms with van der Waals surface area (Å²) in [5.74, 6) is -0.404. The van der Waals surface area contributed by atoms with Crippen LogP contribution in [0, 0.1) is 12.7 Å². The Morgan fingerprint density at radius 3 is 2.67 bits per heavy atom. The van der Waals surface area contributed by atoms with Crippen molar-refractivity contribution in [3.63, 3.8) is 0 Å². The number of carbonyl (C=O) groups excluding carboxylic acids is 2. The predicted molar refractivity (Wildman–Crippen MR) is 173 cm³/mol. The van der Waals surface area contributed by atoms with Crippen molar-refractivity contribution in [3.05, 3.63) is 88.9 Å². The number of nitrogens with one attached hydrogen (secondary N) is 2. The van der Waals surface area contributed by atoms with Gasteiger partial charge in [-0.05, 0) is 85.0 Å². The van der Waals surface area contributed by atoms with E-state index in [0.29, 0.717) is 11.4 Å². The lowest BCUT2D eigenvalue weighted by atomic mass is 9.93. The minimum absolute atomic E-state index is 0.0502. The topological polar surface area (TPSA) is 119 Å². The zero-order valence-electron chi connectivity index (χ0n) is 25.7. The van der Waals surface area contributed by atoms with Gasteiger partial charge in [0.15, 0.2) is 11.6 Å². The van der Waals surface area contributed by atoms with Crippen molar-refractivity contribution < 1.29 is 23.5 Å². The number of halogens is 1. The van der Waals surface area contributed by atoms with E-state index in [1.807, 2.05) is 56.3 Å². The summed E-state index contributed by atoms with van der Waals surface area (Å²) in [6.45, 7) is 4.13. The van der Waals surface area contributed by atoms with E-state index < -0.39 is 18.0 Å². The SMILES string of the molecule is Cc1cc2ccc1[C@@H](C)COC(=O)Nc1cc(F)c(OC3CCCC3)c(c1)CN(C)C(=O)[C@@H]2Nc1ccc2c(N)nccc2c1. The summed E-state index contributed by atoms with van der Waals surface area (Å²) in [7, 11) is 1.68. The van der Waals surface area contributed by atoms with Gasteiger partial charge in [0.1, 0.15) is 11.9 Å². The number of rotatable bonds is 4. The Morgan fingerprint density at radius 1 is 1.09 bits per heavy atom. The summed E-state index contributed by atoms with van der Waals surface area (Å²) in [6, 6.07) is 15.6. The van der Waals surface area contributed by atoms with E-state index >= 15 is 4.39 Å². The maximum Gasteiger partial charge on any atom is 0.411 e. The van der Waals surface area contributed by atoms with Crippen molar-refractivity contribution in [2.24, 2.45) is 0 Å². The number of ether oxygens (including phenoxy) is 2. The number of likely N-dealkylation sites (N-methyl/N-ethyl adjacent to an activating group) is 1. The molecule has 10 heteroatoms. The van der Waals surface area contributed by atoms with Gasteiger partial charge in [0.05, 0.1) is 12.7 Å². The number of aryl methyl sites for hydroxylation is 1. The molecule has 3 heterocycles. The van der Waals surface area contributed by atoms with Crippen LogP contribution in [0.3, 0.4) is 0 Å². The van der Waals surface area contributed by atoms with Gasteiger partial charge >= 0.3 is 6.09 Å². The van der Waals surface area contributed by atoms with Crippen molar-refractivity contribution in [2.75, 3.05) is 30.0 Å². The molecule has 3 aromatic carbocycles. The number of carbonyl (C=O) groups is 2. The second-order valence-corrected chi connectivity index (χ2v) is 12.1. The van der Waals surface area contributed by atoms with Gasteiger partial charge in [0.2, 0.25) is 5.91 Å². The lowest BCUT2D eigenvalue weighted by molar-refractivity contribution is -0.131. The Hall–Kier alpha value is -4.86. The van der Waals surface area contributed by atoms with Gasteiger partial charge < -0.3 is 25.4 Å². The van der Waals surface area contributed by atoms with Crippen LogP contribution in [0.5, 0.6) is 5.75 Å². The molecule has 9 nitrogen and oxygen atoms in total. The van der Waals surface area contributed by atoms with E-state index in [1.54, 1.807) is 24.2 Å². The molecule has 2 atom stereocenters. The molecular formula is C35H38FN5O4. The molecule has 0 radical (unpaired) electrons. The average Bonchev–Trinajstić information content (AvgIpc) is 3.53. The fourth-order valence-corrected chi connectivity index (χ4v) is 6.32. The minimum Gasteiger partial charge on any atom is -0.487 e. The van der Waals surface area contributed by atoms with Crippen LogP contribution in [0.25, 0.3) is 10.8 Å². The maximum atomic E-state index is 15.6. The molecule has 4 bridgehead atoms. The van der Waals surface area contributed by atoms with Crippen LogP contribution in [0.4, 0.5) is 26.4 Å². The highest BCUT2D eigenvalue weighted by molar-refractivity contribution is 5.94. The van der Waals surface area contributed by atoms with E-state index in [1.165, 1.54) is 6.07 Å². The lowest BCUT2D eigenvalue weighted by Gasteiger charge is -2.28. The molecule has 0 spiro atoms.